The van der Waals surface area contributed by atoms with Gasteiger partial charge in [0.1, 0.15) is 42.1 Å². The van der Waals surface area contributed by atoms with Crippen LogP contribution in [0, 0.1) is 33.1 Å². The molecule has 0 aliphatic carbocycles. The second-order valence-electron chi connectivity index (χ2n) is 21.4. The van der Waals surface area contributed by atoms with E-state index in [1.54, 1.807) is 0 Å². The Bertz CT molecular complexity index is 3320. The van der Waals surface area contributed by atoms with E-state index >= 15 is 0 Å². The summed E-state index contributed by atoms with van der Waals surface area (Å²) in [6.07, 6.45) is 2.44. The SMILES string of the molecule is CC1=C(c2ccc(CNC(=O)[C@@H]3C[C@@H](O)CN3C(=O)C(NC(=O)COCCCOc3ccc(-c4ccc(NC(=O)CC5N=C(c6ccc(Cl)cc6)c6c([nH]c(C)c6C)-n6c(C)nnc65)cc4)cc3C)C(C)(C)C)cc2)CC=N1. The van der Waals surface area contributed by atoms with Crippen molar-refractivity contribution < 1.29 is 33.8 Å². The van der Waals surface area contributed by atoms with Crippen LogP contribution in [0.4, 0.5) is 5.69 Å². The average molecular weight is 1080 g/mol. The second kappa shape index (κ2) is 23.5. The first-order chi connectivity index (χ1) is 37.3. The fourth-order valence-corrected chi connectivity index (χ4v) is 10.3. The van der Waals surface area contributed by atoms with E-state index in [0.29, 0.717) is 41.1 Å². The molecule has 4 atom stereocenters. The minimum Gasteiger partial charge on any atom is -0.493 e. The highest BCUT2D eigenvalue weighted by atomic mass is 35.5. The molecule has 3 aliphatic rings. The molecule has 0 spiro atoms. The third-order valence-corrected chi connectivity index (χ3v) is 14.8. The zero-order valence-corrected chi connectivity index (χ0v) is 46.1. The van der Waals surface area contributed by atoms with Crippen LogP contribution in [0.25, 0.3) is 22.5 Å². The maximum atomic E-state index is 14.1. The molecule has 5 heterocycles. The van der Waals surface area contributed by atoms with E-state index in [-0.39, 0.29) is 51.0 Å². The average Bonchev–Trinajstić information content (AvgIpc) is 4.36. The van der Waals surface area contributed by atoms with Crippen molar-refractivity contribution in [2.75, 3.05) is 31.7 Å². The summed E-state index contributed by atoms with van der Waals surface area (Å²) in [5.41, 5.74) is 11.6. The number of fused-ring (bicyclic) bond motifs is 3. The van der Waals surface area contributed by atoms with E-state index < -0.39 is 41.5 Å². The number of aliphatic imine (C=N–C) groups is 2. The Balaban J connectivity index is 0.730. The Kier molecular flexibility index (Phi) is 16.6. The zero-order chi connectivity index (χ0) is 55.4. The predicted molar refractivity (Wildman–Crippen MR) is 302 cm³/mol. The highest BCUT2D eigenvalue weighted by Crippen LogP contribution is 2.36. The lowest BCUT2D eigenvalue weighted by Crippen LogP contribution is -2.58. The minimum atomic E-state index is -0.973. The maximum Gasteiger partial charge on any atom is 0.246 e. The van der Waals surface area contributed by atoms with E-state index in [1.807, 2.05) is 150 Å². The Morgan fingerprint density at radius 2 is 1.56 bits per heavy atom. The van der Waals surface area contributed by atoms with E-state index in [1.165, 1.54) is 10.5 Å². The number of aromatic nitrogens is 4. The van der Waals surface area contributed by atoms with Crippen molar-refractivity contribution in [1.29, 1.82) is 0 Å². The highest BCUT2D eigenvalue weighted by Gasteiger charge is 2.44. The Morgan fingerprint density at radius 1 is 0.859 bits per heavy atom. The topological polar surface area (TPSA) is 218 Å². The number of carbonyl (C=O) groups is 4. The Hall–Kier alpha value is -7.73. The Morgan fingerprint density at radius 3 is 2.26 bits per heavy atom. The summed E-state index contributed by atoms with van der Waals surface area (Å²) in [7, 11) is 0. The summed E-state index contributed by atoms with van der Waals surface area (Å²) in [5.74, 6) is 1.28. The molecule has 3 aliphatic heterocycles. The number of aryl methyl sites for hydroxylation is 3. The summed E-state index contributed by atoms with van der Waals surface area (Å²) < 4.78 is 13.8. The largest absolute Gasteiger partial charge is 0.493 e. The van der Waals surface area contributed by atoms with Crippen LogP contribution in [0.5, 0.6) is 5.75 Å². The quantitative estimate of drug-likeness (QED) is 0.0519. The van der Waals surface area contributed by atoms with Gasteiger partial charge in [-0.25, -0.2) is 0 Å². The van der Waals surface area contributed by atoms with Crippen LogP contribution in [-0.4, -0.2) is 110 Å². The molecule has 6 aromatic rings. The molecule has 406 valence electrons. The fourth-order valence-electron chi connectivity index (χ4n) is 10.2. The van der Waals surface area contributed by atoms with Crippen molar-refractivity contribution in [1.82, 2.24) is 35.3 Å². The summed E-state index contributed by atoms with van der Waals surface area (Å²) in [5, 5.41) is 29.0. The van der Waals surface area contributed by atoms with E-state index in [0.717, 1.165) is 73.8 Å². The molecule has 9 rings (SSSR count). The molecule has 2 aromatic heterocycles. The molecule has 2 unspecified atom stereocenters. The van der Waals surface area contributed by atoms with E-state index in [4.69, 9.17) is 26.1 Å². The van der Waals surface area contributed by atoms with Crippen LogP contribution in [0.2, 0.25) is 5.02 Å². The van der Waals surface area contributed by atoms with Gasteiger partial charge in [0.2, 0.25) is 23.6 Å². The van der Waals surface area contributed by atoms with Crippen LogP contribution >= 0.6 is 11.6 Å². The van der Waals surface area contributed by atoms with Gasteiger partial charge in [-0.1, -0.05) is 87.0 Å². The molecule has 4 aromatic carbocycles. The van der Waals surface area contributed by atoms with Crippen LogP contribution in [0.1, 0.15) is 110 Å². The lowest BCUT2D eigenvalue weighted by atomic mass is 9.85. The summed E-state index contributed by atoms with van der Waals surface area (Å²) in [6, 6.07) is 26.6. The lowest BCUT2D eigenvalue weighted by molar-refractivity contribution is -0.144. The normalized spacial score (nSPS) is 17.3. The molecular formula is C60H67ClN10O7. The molecule has 78 heavy (non-hydrogen) atoms. The number of aliphatic hydroxyl groups is 1. The number of aromatic amines is 1. The molecule has 0 bridgehead atoms. The van der Waals surface area contributed by atoms with Gasteiger partial charge in [-0.05, 0) is 115 Å². The zero-order valence-electron chi connectivity index (χ0n) is 45.4. The van der Waals surface area contributed by atoms with Crippen molar-refractivity contribution in [3.8, 4) is 22.7 Å². The number of H-pyrrole nitrogens is 1. The minimum absolute atomic E-state index is 0.0201. The standard InChI is InChI=1S/C60H67ClN10O7/c1-34-28-43(40-16-21-45(22-17-40)65-51(73)30-48-56-69-68-38(5)71(56)57-53(35(2)36(3)64-57)54(66-48)42-14-19-44(61)20-15-42)18-23-50(34)78-27-9-26-77-33-52(74)67-55(60(6,7)8)59(76)70-32-46(72)29-49(70)58(75)63-31-39-10-12-41(13-11-39)47-24-25-62-37(47)4/h10-23,25,28,46,48-49,55,64,72H,9,24,26-27,29-33H2,1-8H3,(H,63,75)(H,65,73)(H,67,74)/t46-,48?,49+,55?/m1/s1. The number of aliphatic hydroxyl groups excluding tert-OH is 1. The predicted octanol–water partition coefficient (Wildman–Crippen LogP) is 8.87. The number of benzene rings is 4. The van der Waals surface area contributed by atoms with Crippen molar-refractivity contribution in [3.63, 3.8) is 0 Å². The van der Waals surface area contributed by atoms with Crippen LogP contribution < -0.4 is 20.7 Å². The maximum absolute atomic E-state index is 14.1. The second-order valence-corrected chi connectivity index (χ2v) is 21.8. The number of hydrogen-bond acceptors (Lipinski definition) is 11. The molecule has 18 heteroatoms. The van der Waals surface area contributed by atoms with Gasteiger partial charge in [0.05, 0.1) is 31.5 Å². The highest BCUT2D eigenvalue weighted by molar-refractivity contribution is 6.30. The number of halogens is 1. The number of nitrogens with one attached hydrogen (secondary N) is 4. The first-order valence-electron chi connectivity index (χ1n) is 26.4. The number of nitrogens with zero attached hydrogens (tertiary/aromatic N) is 6. The van der Waals surface area contributed by atoms with Crippen molar-refractivity contribution in [2.24, 2.45) is 15.4 Å². The number of allylic oxidation sites excluding steroid dienone is 2. The number of ether oxygens (including phenoxy) is 2. The summed E-state index contributed by atoms with van der Waals surface area (Å²) in [4.78, 5) is 69.0. The summed E-state index contributed by atoms with van der Waals surface area (Å²) >= 11 is 6.27. The number of likely N-dealkylation sites (tertiary alicyclic amines) is 1. The molecule has 17 nitrogen and oxygen atoms in total. The van der Waals surface area contributed by atoms with Gasteiger partial charge in [-0.15, -0.1) is 10.2 Å². The van der Waals surface area contributed by atoms with E-state index in [9.17, 15) is 24.3 Å². The monoisotopic (exact) mass is 1070 g/mol. The van der Waals surface area contributed by atoms with Crippen LogP contribution in [0.15, 0.2) is 107 Å². The molecule has 1 fully saturated rings. The van der Waals surface area contributed by atoms with E-state index in [2.05, 4.69) is 43.0 Å². The summed E-state index contributed by atoms with van der Waals surface area (Å²) in [6.45, 7) is 16.0. The molecule has 5 N–H and O–H groups in total. The van der Waals surface area contributed by atoms with Gasteiger partial charge in [-0.3, -0.25) is 33.7 Å². The molecule has 0 saturated carbocycles. The van der Waals surface area contributed by atoms with Gasteiger partial charge >= 0.3 is 0 Å². The molecule has 1 saturated heterocycles. The smallest absolute Gasteiger partial charge is 0.246 e. The van der Waals surface area contributed by atoms with Crippen LogP contribution in [-0.2, 0) is 30.5 Å². The number of carbonyl (C=O) groups excluding carboxylic acids is 4. The number of rotatable bonds is 18. The van der Waals surface area contributed by atoms with Gasteiger partial charge in [0.25, 0.3) is 0 Å². The fraction of sp³-hybridized carbons (Fsp3) is 0.367. The first-order valence-corrected chi connectivity index (χ1v) is 26.7. The number of β-amino-alcohol motifs (C(OH)–C–C–N with tert-alkyl or cyclic N) is 1. The van der Waals surface area contributed by atoms with Gasteiger partial charge in [0.15, 0.2) is 5.82 Å². The van der Waals surface area contributed by atoms with Gasteiger partial charge in [0, 0.05) is 71.8 Å². The Labute approximate surface area is 459 Å². The van der Waals surface area contributed by atoms with Crippen molar-refractivity contribution in [2.45, 2.75) is 112 Å². The first kappa shape index (κ1) is 55.0. The van der Waals surface area contributed by atoms with Gasteiger partial charge in [-0.2, -0.15) is 0 Å². The third kappa shape index (κ3) is 12.3. The van der Waals surface area contributed by atoms with Crippen molar-refractivity contribution in [3.05, 3.63) is 152 Å². The number of anilines is 1. The van der Waals surface area contributed by atoms with Crippen LogP contribution in [0.3, 0.4) is 0 Å². The molecule has 0 radical (unpaired) electrons. The van der Waals surface area contributed by atoms with Gasteiger partial charge < -0.3 is 40.4 Å². The molecule has 4 amide bonds. The molecular weight excluding hydrogens is 1010 g/mol. The number of amides is 4. The van der Waals surface area contributed by atoms with Crippen molar-refractivity contribution >= 4 is 58.4 Å². The number of hydrogen-bond donors (Lipinski definition) is 5. The third-order valence-electron chi connectivity index (χ3n) is 14.5. The lowest BCUT2D eigenvalue weighted by Gasteiger charge is -2.35.